The Kier molecular flexibility index (Phi) is 6.98. The molecule has 6 heteroatoms. The second kappa shape index (κ2) is 9.29. The molecule has 5 aliphatic rings. The van der Waals surface area contributed by atoms with Crippen molar-refractivity contribution in [3.8, 4) is 0 Å². The normalized spacial score (nSPS) is 53.3. The third-order valence-electron chi connectivity index (χ3n) is 13.3. The van der Waals surface area contributed by atoms with E-state index in [4.69, 9.17) is 4.74 Å². The fraction of sp³-hybridized carbons (Fsp3) is 0.906. The predicted molar refractivity (Wildman–Crippen MR) is 146 cm³/mol. The maximum absolute atomic E-state index is 12.5. The van der Waals surface area contributed by atoms with E-state index in [1.165, 1.54) is 13.3 Å². The zero-order valence-electron chi connectivity index (χ0n) is 24.7. The Morgan fingerprint density at radius 2 is 1.68 bits per heavy atom. The van der Waals surface area contributed by atoms with E-state index in [-0.39, 0.29) is 24.2 Å². The maximum atomic E-state index is 12.5. The van der Waals surface area contributed by atoms with Crippen molar-refractivity contribution in [2.75, 3.05) is 0 Å². The van der Waals surface area contributed by atoms with Crippen molar-refractivity contribution in [2.45, 2.75) is 118 Å². The van der Waals surface area contributed by atoms with Gasteiger partial charge in [-0.05, 0) is 72.5 Å². The standard InChI is InChI=1S/C32H52O6/c1-15(2)17(4)30(6)14-23(30)16(3)21-9-10-22-26-24(35)12-19-11-20(34)13-25(36)31(19,7)27(26)28(37)29(32(21,22)8)38-18(5)33/h12,15-17,20-29,34-37H,9-11,13-14H2,1-8H3. The summed E-state index contributed by atoms with van der Waals surface area (Å²) in [4.78, 5) is 12.5. The number of hydrogen-bond donors (Lipinski definition) is 4. The van der Waals surface area contributed by atoms with Gasteiger partial charge in [-0.1, -0.05) is 60.1 Å². The highest BCUT2D eigenvalue weighted by Gasteiger charge is 2.71. The van der Waals surface area contributed by atoms with Crippen molar-refractivity contribution in [3.05, 3.63) is 11.6 Å². The molecule has 38 heavy (non-hydrogen) atoms. The molecular weight excluding hydrogens is 480 g/mol. The molecule has 5 rings (SSSR count). The summed E-state index contributed by atoms with van der Waals surface area (Å²) in [7, 11) is 0. The summed E-state index contributed by atoms with van der Waals surface area (Å²) in [6.07, 6.45) is 1.63. The number of hydrogen-bond acceptors (Lipinski definition) is 6. The average molecular weight is 533 g/mol. The molecule has 0 aliphatic heterocycles. The summed E-state index contributed by atoms with van der Waals surface area (Å²) in [6.45, 7) is 17.4. The molecular formula is C32H52O6. The Hall–Kier alpha value is -0.950. The van der Waals surface area contributed by atoms with Crippen LogP contribution in [-0.4, -0.2) is 56.9 Å². The smallest absolute Gasteiger partial charge is 0.303 e. The molecule has 0 aromatic carbocycles. The summed E-state index contributed by atoms with van der Waals surface area (Å²) in [5.74, 6) is 1.48. The molecule has 5 aliphatic carbocycles. The number of aliphatic hydroxyl groups excluding tert-OH is 4. The van der Waals surface area contributed by atoms with E-state index in [0.717, 1.165) is 18.4 Å². The first-order valence-corrected chi connectivity index (χ1v) is 15.2. The van der Waals surface area contributed by atoms with Crippen molar-refractivity contribution >= 4 is 5.97 Å². The van der Waals surface area contributed by atoms with E-state index in [1.54, 1.807) is 0 Å². The van der Waals surface area contributed by atoms with Gasteiger partial charge in [0, 0.05) is 30.1 Å². The number of esters is 1. The minimum atomic E-state index is -1.01. The topological polar surface area (TPSA) is 107 Å². The van der Waals surface area contributed by atoms with Crippen molar-refractivity contribution in [2.24, 2.45) is 63.6 Å². The Balaban J connectivity index is 1.55. The number of rotatable bonds is 5. The quantitative estimate of drug-likeness (QED) is 0.310. The number of fused-ring (bicyclic) bond motifs is 5. The largest absolute Gasteiger partial charge is 0.459 e. The summed E-state index contributed by atoms with van der Waals surface area (Å²) >= 11 is 0. The Bertz CT molecular complexity index is 977. The van der Waals surface area contributed by atoms with E-state index in [2.05, 4.69) is 41.5 Å². The minimum absolute atomic E-state index is 0.0592. The molecule has 0 bridgehead atoms. The zero-order valence-corrected chi connectivity index (χ0v) is 24.7. The van der Waals surface area contributed by atoms with Crippen LogP contribution in [-0.2, 0) is 9.53 Å². The van der Waals surface area contributed by atoms with Crippen LogP contribution in [0.25, 0.3) is 0 Å². The molecule has 6 nitrogen and oxygen atoms in total. The SMILES string of the molecule is CC(=O)OC1C(O)C2C(C(O)C=C3CC(O)CC(O)C32C)C2CCC(C(C)C3CC3(C)C(C)C(C)C)C21C. The molecule has 4 saturated carbocycles. The van der Waals surface area contributed by atoms with Gasteiger partial charge in [-0.2, -0.15) is 0 Å². The first kappa shape index (κ1) is 28.6. The molecule has 0 radical (unpaired) electrons. The van der Waals surface area contributed by atoms with Crippen LogP contribution in [0.4, 0.5) is 0 Å². The van der Waals surface area contributed by atoms with Gasteiger partial charge >= 0.3 is 5.97 Å². The van der Waals surface area contributed by atoms with Crippen LogP contribution in [0.2, 0.25) is 0 Å². The fourth-order valence-electron chi connectivity index (χ4n) is 10.8. The van der Waals surface area contributed by atoms with Gasteiger partial charge in [0.15, 0.2) is 0 Å². The molecule has 0 spiro atoms. The summed E-state index contributed by atoms with van der Waals surface area (Å²) in [5, 5.41) is 45.5. The van der Waals surface area contributed by atoms with Crippen molar-refractivity contribution in [3.63, 3.8) is 0 Å². The number of carbonyl (C=O) groups excluding carboxylic acids is 1. The fourth-order valence-corrected chi connectivity index (χ4v) is 10.8. The van der Waals surface area contributed by atoms with Gasteiger partial charge in [0.1, 0.15) is 6.10 Å². The lowest BCUT2D eigenvalue weighted by Crippen LogP contribution is -2.68. The van der Waals surface area contributed by atoms with E-state index < -0.39 is 53.2 Å². The molecule has 0 heterocycles. The van der Waals surface area contributed by atoms with Crippen LogP contribution < -0.4 is 0 Å². The van der Waals surface area contributed by atoms with Gasteiger partial charge in [0.05, 0.1) is 24.4 Å². The van der Waals surface area contributed by atoms with Crippen molar-refractivity contribution < 1.29 is 30.0 Å². The Morgan fingerprint density at radius 3 is 2.29 bits per heavy atom. The number of carbonyl (C=O) groups is 1. The van der Waals surface area contributed by atoms with Crippen LogP contribution in [0.1, 0.15) is 87.5 Å². The highest BCUT2D eigenvalue weighted by atomic mass is 16.6. The second-order valence-corrected chi connectivity index (χ2v) is 15.1. The highest BCUT2D eigenvalue weighted by Crippen LogP contribution is 2.71. The summed E-state index contributed by atoms with van der Waals surface area (Å²) in [6, 6.07) is 0. The van der Waals surface area contributed by atoms with Crippen LogP contribution >= 0.6 is 0 Å². The third-order valence-corrected chi connectivity index (χ3v) is 13.3. The highest BCUT2D eigenvalue weighted by molar-refractivity contribution is 5.66. The van der Waals surface area contributed by atoms with E-state index in [0.29, 0.717) is 35.5 Å². The van der Waals surface area contributed by atoms with Gasteiger partial charge in [-0.25, -0.2) is 0 Å². The number of aliphatic hydroxyl groups is 4. The summed E-state index contributed by atoms with van der Waals surface area (Å²) < 4.78 is 6.08. The lowest BCUT2D eigenvalue weighted by Gasteiger charge is -2.63. The lowest BCUT2D eigenvalue weighted by molar-refractivity contribution is -0.240. The van der Waals surface area contributed by atoms with E-state index in [9.17, 15) is 25.2 Å². The molecule has 15 unspecified atom stereocenters. The molecule has 4 fully saturated rings. The molecule has 4 N–H and O–H groups in total. The Labute approximate surface area is 229 Å². The monoisotopic (exact) mass is 532 g/mol. The minimum Gasteiger partial charge on any atom is -0.459 e. The van der Waals surface area contributed by atoms with Crippen LogP contribution in [0.3, 0.4) is 0 Å². The third kappa shape index (κ3) is 3.83. The summed E-state index contributed by atoms with van der Waals surface area (Å²) in [5.41, 5.74) is -0.135. The zero-order chi connectivity index (χ0) is 28.1. The molecule has 0 saturated heterocycles. The first-order chi connectivity index (χ1) is 17.6. The molecule has 0 aromatic heterocycles. The van der Waals surface area contributed by atoms with Gasteiger partial charge < -0.3 is 25.2 Å². The first-order valence-electron chi connectivity index (χ1n) is 15.2. The van der Waals surface area contributed by atoms with Gasteiger partial charge in [-0.3, -0.25) is 4.79 Å². The Morgan fingerprint density at radius 1 is 1.03 bits per heavy atom. The molecule has 0 aromatic rings. The van der Waals surface area contributed by atoms with Crippen LogP contribution in [0.5, 0.6) is 0 Å². The van der Waals surface area contributed by atoms with E-state index >= 15 is 0 Å². The molecule has 0 amide bonds. The van der Waals surface area contributed by atoms with Crippen LogP contribution in [0.15, 0.2) is 11.6 Å². The van der Waals surface area contributed by atoms with E-state index in [1.807, 2.05) is 13.0 Å². The maximum Gasteiger partial charge on any atom is 0.303 e. The average Bonchev–Trinajstić information content (AvgIpc) is 3.39. The molecule has 216 valence electrons. The van der Waals surface area contributed by atoms with Gasteiger partial charge in [0.2, 0.25) is 0 Å². The molecule has 15 atom stereocenters. The second-order valence-electron chi connectivity index (χ2n) is 15.1. The van der Waals surface area contributed by atoms with Crippen molar-refractivity contribution in [1.29, 1.82) is 0 Å². The van der Waals surface area contributed by atoms with Gasteiger partial charge in [-0.15, -0.1) is 0 Å². The van der Waals surface area contributed by atoms with Crippen molar-refractivity contribution in [1.82, 2.24) is 0 Å². The number of ether oxygens (including phenoxy) is 1. The predicted octanol–water partition coefficient (Wildman–Crippen LogP) is 4.33. The lowest BCUT2D eigenvalue weighted by atomic mass is 9.44. The van der Waals surface area contributed by atoms with Crippen LogP contribution in [0, 0.1) is 63.6 Å². The van der Waals surface area contributed by atoms with Gasteiger partial charge in [0.25, 0.3) is 0 Å².